The Hall–Kier alpha value is -5.21. The number of ether oxygens (including phenoxy) is 1. The van der Waals surface area contributed by atoms with Crippen molar-refractivity contribution >= 4 is 12.1 Å². The fourth-order valence-corrected chi connectivity index (χ4v) is 6.33. The average molecular weight is 601 g/mol. The van der Waals surface area contributed by atoms with Crippen LogP contribution in [0.3, 0.4) is 0 Å². The number of carboxylic acids is 1. The maximum atomic E-state index is 12.6. The van der Waals surface area contributed by atoms with Gasteiger partial charge in [0, 0.05) is 31.7 Å². The highest BCUT2D eigenvalue weighted by Gasteiger charge is 2.39. The van der Waals surface area contributed by atoms with Gasteiger partial charge in [-0.05, 0) is 28.7 Å². The number of nitrogens with zero attached hydrogens (tertiary/aromatic N) is 3. The molecule has 0 saturated carbocycles. The molecule has 0 unspecified atom stereocenters. The highest BCUT2D eigenvalue weighted by Crippen LogP contribution is 2.40. The van der Waals surface area contributed by atoms with Gasteiger partial charge in [-0.2, -0.15) is 0 Å². The lowest BCUT2D eigenvalue weighted by atomic mass is 9.77. The average Bonchev–Trinajstić information content (AvgIpc) is 3.75. The number of carbonyl (C=O) groups excluding carboxylic acids is 1. The summed E-state index contributed by atoms with van der Waals surface area (Å²) in [4.78, 5) is 31.7. The molecule has 8 heteroatoms. The van der Waals surface area contributed by atoms with Gasteiger partial charge in [0.2, 0.25) is 0 Å². The molecule has 1 aromatic heterocycles. The number of carbonyl (C=O) groups is 2. The molecule has 4 aromatic carbocycles. The minimum Gasteiger partial charge on any atom is -0.480 e. The van der Waals surface area contributed by atoms with E-state index in [4.69, 9.17) is 9.72 Å². The largest absolute Gasteiger partial charge is 0.480 e. The highest BCUT2D eigenvalue weighted by atomic mass is 16.5. The third-order valence-electron chi connectivity index (χ3n) is 8.48. The number of amides is 1. The molecular formula is C37H36N4O4. The quantitative estimate of drug-likeness (QED) is 0.188. The van der Waals surface area contributed by atoms with E-state index in [1.165, 1.54) is 0 Å². The molecule has 8 nitrogen and oxygen atoms in total. The maximum absolute atomic E-state index is 12.6. The first kappa shape index (κ1) is 29.8. The number of alkyl carbamates (subject to hydrolysis) is 1. The monoisotopic (exact) mass is 600 g/mol. The van der Waals surface area contributed by atoms with Crippen LogP contribution in [0.15, 0.2) is 134 Å². The molecule has 6 rings (SSSR count). The normalized spacial score (nSPS) is 15.8. The summed E-state index contributed by atoms with van der Waals surface area (Å²) in [6.45, 7) is 1.14. The lowest BCUT2D eigenvalue weighted by Crippen LogP contribution is -2.44. The first-order chi connectivity index (χ1) is 22.0. The summed E-state index contributed by atoms with van der Waals surface area (Å²) in [5.74, 6) is -0.919. The molecule has 1 aliphatic heterocycles. The summed E-state index contributed by atoms with van der Waals surface area (Å²) in [7, 11) is 0. The zero-order valence-corrected chi connectivity index (χ0v) is 24.9. The van der Waals surface area contributed by atoms with Gasteiger partial charge in [-0.3, -0.25) is 9.69 Å². The van der Waals surface area contributed by atoms with Gasteiger partial charge in [-0.15, -0.1) is 0 Å². The molecule has 1 fully saturated rings. The second-order valence-corrected chi connectivity index (χ2v) is 11.3. The summed E-state index contributed by atoms with van der Waals surface area (Å²) in [5, 5.41) is 13.2. The van der Waals surface area contributed by atoms with Gasteiger partial charge in [-0.1, -0.05) is 121 Å². The van der Waals surface area contributed by atoms with Crippen LogP contribution in [0, 0.1) is 0 Å². The third kappa shape index (κ3) is 6.51. The molecule has 1 saturated heterocycles. The van der Waals surface area contributed by atoms with Crippen LogP contribution >= 0.6 is 0 Å². The molecule has 45 heavy (non-hydrogen) atoms. The Balaban J connectivity index is 1.22. The van der Waals surface area contributed by atoms with Crippen LogP contribution in [0.2, 0.25) is 0 Å². The number of rotatable bonds is 11. The van der Waals surface area contributed by atoms with Crippen LogP contribution in [0.25, 0.3) is 0 Å². The number of nitrogens with one attached hydrogen (secondary N) is 1. The van der Waals surface area contributed by atoms with E-state index in [2.05, 4.69) is 46.3 Å². The predicted molar refractivity (Wildman–Crippen MR) is 172 cm³/mol. The number of aliphatic carboxylic acids is 1. The van der Waals surface area contributed by atoms with Gasteiger partial charge in [-0.25, -0.2) is 9.78 Å². The molecule has 2 N–H and O–H groups in total. The van der Waals surface area contributed by atoms with Crippen molar-refractivity contribution < 1.29 is 19.4 Å². The van der Waals surface area contributed by atoms with Crippen LogP contribution in [0.5, 0.6) is 0 Å². The SMILES string of the molecule is O=C(N[C@H]1CCN([C@@H](Cc2cn(C(c3ccccc3)(c3ccccc3)c3ccccc3)cn2)C(=O)O)C1)OCc1ccccc1. The van der Waals surface area contributed by atoms with Crippen molar-refractivity contribution in [3.63, 3.8) is 0 Å². The number of aromatic nitrogens is 2. The number of carboxylic acid groups (broad SMARTS) is 1. The Morgan fingerprint density at radius 1 is 0.844 bits per heavy atom. The minimum atomic E-state index is -0.919. The van der Waals surface area contributed by atoms with E-state index in [0.29, 0.717) is 25.2 Å². The van der Waals surface area contributed by atoms with Crippen molar-refractivity contribution in [3.8, 4) is 0 Å². The number of benzene rings is 4. The van der Waals surface area contributed by atoms with Gasteiger partial charge in [0.15, 0.2) is 0 Å². The predicted octanol–water partition coefficient (Wildman–Crippen LogP) is 5.72. The van der Waals surface area contributed by atoms with Crippen LogP contribution in [0.1, 0.15) is 34.4 Å². The first-order valence-corrected chi connectivity index (χ1v) is 15.2. The third-order valence-corrected chi connectivity index (χ3v) is 8.48. The van der Waals surface area contributed by atoms with Crippen LogP contribution in [-0.4, -0.2) is 56.8 Å². The number of hydrogen-bond acceptors (Lipinski definition) is 5. The molecule has 2 heterocycles. The molecule has 0 spiro atoms. The lowest BCUT2D eigenvalue weighted by molar-refractivity contribution is -0.142. The van der Waals surface area contributed by atoms with E-state index in [9.17, 15) is 14.7 Å². The maximum Gasteiger partial charge on any atom is 0.407 e. The van der Waals surface area contributed by atoms with Crippen molar-refractivity contribution in [2.75, 3.05) is 13.1 Å². The van der Waals surface area contributed by atoms with E-state index in [1.54, 1.807) is 6.33 Å². The Morgan fingerprint density at radius 3 is 1.91 bits per heavy atom. The Bertz CT molecular complexity index is 1600. The Labute approximate surface area is 262 Å². The Morgan fingerprint density at radius 2 is 1.38 bits per heavy atom. The van der Waals surface area contributed by atoms with Crippen molar-refractivity contribution in [3.05, 3.63) is 162 Å². The van der Waals surface area contributed by atoms with Crippen molar-refractivity contribution in [1.29, 1.82) is 0 Å². The first-order valence-electron chi connectivity index (χ1n) is 15.2. The molecule has 0 radical (unpaired) electrons. The molecule has 1 aliphatic rings. The zero-order valence-electron chi connectivity index (χ0n) is 24.9. The van der Waals surface area contributed by atoms with E-state index in [0.717, 1.165) is 22.3 Å². The van der Waals surface area contributed by atoms with Gasteiger partial charge < -0.3 is 19.7 Å². The highest BCUT2D eigenvalue weighted by molar-refractivity contribution is 5.74. The number of hydrogen-bond donors (Lipinski definition) is 2. The molecule has 5 aromatic rings. The second kappa shape index (κ2) is 13.6. The fourth-order valence-electron chi connectivity index (χ4n) is 6.33. The van der Waals surface area contributed by atoms with Crippen molar-refractivity contribution in [2.24, 2.45) is 0 Å². The molecule has 1 amide bonds. The molecule has 0 bridgehead atoms. The van der Waals surface area contributed by atoms with Gasteiger partial charge in [0.05, 0.1) is 12.0 Å². The summed E-state index contributed by atoms with van der Waals surface area (Å²) >= 11 is 0. The summed E-state index contributed by atoms with van der Waals surface area (Å²) in [6.07, 6.45) is 4.13. The molecular weight excluding hydrogens is 564 g/mol. The molecule has 2 atom stereocenters. The van der Waals surface area contributed by atoms with Gasteiger partial charge >= 0.3 is 12.1 Å². The minimum absolute atomic E-state index is 0.181. The van der Waals surface area contributed by atoms with Gasteiger partial charge in [0.25, 0.3) is 0 Å². The van der Waals surface area contributed by atoms with E-state index in [-0.39, 0.29) is 19.1 Å². The topological polar surface area (TPSA) is 96.7 Å². The van der Waals surface area contributed by atoms with E-state index >= 15 is 0 Å². The molecule has 0 aliphatic carbocycles. The van der Waals surface area contributed by atoms with Crippen LogP contribution < -0.4 is 5.32 Å². The summed E-state index contributed by atoms with van der Waals surface area (Å²) < 4.78 is 7.47. The molecule has 228 valence electrons. The zero-order chi connectivity index (χ0) is 31.1. The lowest BCUT2D eigenvalue weighted by Gasteiger charge is -2.37. The van der Waals surface area contributed by atoms with Crippen molar-refractivity contribution in [1.82, 2.24) is 19.8 Å². The van der Waals surface area contributed by atoms with Crippen LogP contribution in [0.4, 0.5) is 4.79 Å². The van der Waals surface area contributed by atoms with Crippen molar-refractivity contribution in [2.45, 2.75) is 37.1 Å². The summed E-state index contributed by atoms with van der Waals surface area (Å²) in [6, 6.07) is 39.4. The number of imidazole rings is 1. The van der Waals surface area contributed by atoms with Gasteiger partial charge in [0.1, 0.15) is 18.2 Å². The fraction of sp³-hybridized carbons (Fsp3) is 0.216. The number of likely N-dealkylation sites (tertiary alicyclic amines) is 1. The smallest absolute Gasteiger partial charge is 0.407 e. The standard InChI is InChI=1S/C37H36N4O4/c42-35(43)34(40-22-21-32(24-40)39-36(44)45-26-28-13-5-1-6-14-28)23-33-25-41(27-38-33)37(29-15-7-2-8-16-29,30-17-9-3-10-18-30)31-19-11-4-12-20-31/h1-20,25,27,32,34H,21-24,26H2,(H,39,44)(H,42,43)/t32-,34-/m0/s1. The van der Waals surface area contributed by atoms with Crippen LogP contribution in [-0.2, 0) is 28.1 Å². The van der Waals surface area contributed by atoms with E-state index in [1.807, 2.05) is 96.0 Å². The second-order valence-electron chi connectivity index (χ2n) is 11.3. The summed E-state index contributed by atoms with van der Waals surface area (Å²) in [5.41, 5.74) is 4.04. The van der Waals surface area contributed by atoms with E-state index < -0.39 is 23.6 Å². The Kier molecular flexibility index (Phi) is 9.03.